The minimum atomic E-state index is -0.427. The second-order valence-electron chi connectivity index (χ2n) is 4.76. The number of methoxy groups -OCH3 is 1. The zero-order chi connectivity index (χ0) is 12.9. The quantitative estimate of drug-likeness (QED) is 0.920. The molecule has 0 aliphatic rings. The fraction of sp³-hybridized carbons (Fsp3) is 0.462. The Morgan fingerprint density at radius 1 is 1.28 bits per heavy atom. The van der Waals surface area contributed by atoms with E-state index < -0.39 is 6.09 Å². The molecule has 0 aromatic heterocycles. The molecule has 1 rings (SSSR count). The van der Waals surface area contributed by atoms with Crippen LogP contribution in [-0.2, 0) is 11.3 Å². The number of amides is 1. The van der Waals surface area contributed by atoms with Gasteiger partial charge in [-0.1, -0.05) is 18.2 Å². The van der Waals surface area contributed by atoms with Crippen LogP contribution in [0.4, 0.5) is 4.79 Å². The van der Waals surface area contributed by atoms with Crippen molar-refractivity contribution in [2.75, 3.05) is 7.11 Å². The molecule has 0 heterocycles. The summed E-state index contributed by atoms with van der Waals surface area (Å²) in [5.41, 5.74) is 0.553. The van der Waals surface area contributed by atoms with Crippen LogP contribution in [0.1, 0.15) is 26.3 Å². The van der Waals surface area contributed by atoms with Gasteiger partial charge in [-0.3, -0.25) is 0 Å². The molecule has 102 valence electrons. The number of nitrogens with one attached hydrogen (secondary N) is 1. The van der Waals surface area contributed by atoms with Gasteiger partial charge in [0.05, 0.1) is 7.11 Å². The van der Waals surface area contributed by atoms with Gasteiger partial charge in [0.2, 0.25) is 0 Å². The predicted octanol–water partition coefficient (Wildman–Crippen LogP) is 3.14. The molecule has 0 radical (unpaired) electrons. The van der Waals surface area contributed by atoms with Gasteiger partial charge >= 0.3 is 6.09 Å². The third-order valence-corrected chi connectivity index (χ3v) is 2.03. The molecule has 1 amide bonds. The summed E-state index contributed by atoms with van der Waals surface area (Å²) in [5.74, 6) is 0.719. The molecule has 0 unspecified atom stereocenters. The molecule has 18 heavy (non-hydrogen) atoms. The van der Waals surface area contributed by atoms with Gasteiger partial charge in [0, 0.05) is 11.1 Å². The normalized spacial score (nSPS) is 10.2. The molecular weight excluding hydrogens is 254 g/mol. The highest BCUT2D eigenvalue weighted by molar-refractivity contribution is 5.85. The van der Waals surface area contributed by atoms with Gasteiger partial charge in [-0.05, 0) is 26.8 Å². The topological polar surface area (TPSA) is 47.6 Å². The van der Waals surface area contributed by atoms with Crippen LogP contribution in [0, 0.1) is 0 Å². The van der Waals surface area contributed by atoms with Crippen molar-refractivity contribution in [2.45, 2.75) is 32.9 Å². The Kier molecular flexibility index (Phi) is 6.55. The van der Waals surface area contributed by atoms with E-state index in [4.69, 9.17) is 9.47 Å². The number of para-hydroxylation sites is 1. The van der Waals surface area contributed by atoms with Crippen LogP contribution < -0.4 is 10.1 Å². The molecule has 1 aromatic rings. The van der Waals surface area contributed by atoms with E-state index in [-0.39, 0.29) is 24.6 Å². The molecule has 0 bridgehead atoms. The number of rotatable bonds is 3. The average Bonchev–Trinajstić information content (AvgIpc) is 2.24. The van der Waals surface area contributed by atoms with E-state index in [1.54, 1.807) is 7.11 Å². The smallest absolute Gasteiger partial charge is 0.407 e. The van der Waals surface area contributed by atoms with Crippen LogP contribution in [0.25, 0.3) is 0 Å². The first-order valence-corrected chi connectivity index (χ1v) is 5.49. The predicted molar refractivity (Wildman–Crippen MR) is 73.3 cm³/mol. The maximum Gasteiger partial charge on any atom is 0.407 e. The minimum Gasteiger partial charge on any atom is -0.496 e. The summed E-state index contributed by atoms with van der Waals surface area (Å²) in [6.45, 7) is 5.90. The highest BCUT2D eigenvalue weighted by Crippen LogP contribution is 2.18. The van der Waals surface area contributed by atoms with Gasteiger partial charge in [0.15, 0.2) is 0 Å². The maximum atomic E-state index is 11.5. The van der Waals surface area contributed by atoms with E-state index in [9.17, 15) is 4.79 Å². The molecule has 0 aliphatic heterocycles. The van der Waals surface area contributed by atoms with Crippen LogP contribution in [-0.4, -0.2) is 18.7 Å². The molecule has 1 aromatic carbocycles. The van der Waals surface area contributed by atoms with Crippen molar-refractivity contribution in [1.82, 2.24) is 5.32 Å². The standard InChI is InChI=1S/C13H19NO3.ClH/c1-13(2,3)14-12(15)17-9-10-7-5-6-8-11(10)16-4;/h5-8H,9H2,1-4H3,(H,14,15);1H. The molecule has 5 heteroatoms. The zero-order valence-electron chi connectivity index (χ0n) is 11.1. The molecule has 0 saturated carbocycles. The van der Waals surface area contributed by atoms with E-state index >= 15 is 0 Å². The molecule has 0 atom stereocenters. The van der Waals surface area contributed by atoms with Crippen molar-refractivity contribution in [2.24, 2.45) is 0 Å². The van der Waals surface area contributed by atoms with E-state index in [0.29, 0.717) is 0 Å². The van der Waals surface area contributed by atoms with Crippen molar-refractivity contribution in [3.8, 4) is 5.75 Å². The molecule has 4 nitrogen and oxygen atoms in total. The summed E-state index contributed by atoms with van der Waals surface area (Å²) in [7, 11) is 1.59. The Labute approximate surface area is 114 Å². The van der Waals surface area contributed by atoms with Crippen molar-refractivity contribution in [3.63, 3.8) is 0 Å². The molecular formula is C13H20ClNO3. The number of carbonyl (C=O) groups is 1. The summed E-state index contributed by atoms with van der Waals surface area (Å²) in [6, 6.07) is 7.45. The van der Waals surface area contributed by atoms with Gasteiger partial charge in [-0.2, -0.15) is 0 Å². The fourth-order valence-electron chi connectivity index (χ4n) is 1.31. The summed E-state index contributed by atoms with van der Waals surface area (Å²) in [6.07, 6.45) is -0.427. The Morgan fingerprint density at radius 3 is 2.44 bits per heavy atom. The van der Waals surface area contributed by atoms with E-state index in [2.05, 4.69) is 5.32 Å². The fourth-order valence-corrected chi connectivity index (χ4v) is 1.31. The lowest BCUT2D eigenvalue weighted by molar-refractivity contribution is 0.130. The van der Waals surface area contributed by atoms with Crippen LogP contribution in [0.2, 0.25) is 0 Å². The third kappa shape index (κ3) is 5.77. The number of ether oxygens (including phenoxy) is 2. The first kappa shape index (κ1) is 16.6. The second kappa shape index (κ2) is 7.11. The van der Waals surface area contributed by atoms with Crippen molar-refractivity contribution in [3.05, 3.63) is 29.8 Å². The van der Waals surface area contributed by atoms with Crippen molar-refractivity contribution >= 4 is 18.5 Å². The summed E-state index contributed by atoms with van der Waals surface area (Å²) in [5, 5.41) is 2.72. The van der Waals surface area contributed by atoms with Gasteiger partial charge < -0.3 is 14.8 Å². The van der Waals surface area contributed by atoms with Gasteiger partial charge in [-0.15, -0.1) is 12.4 Å². The first-order chi connectivity index (χ1) is 7.92. The first-order valence-electron chi connectivity index (χ1n) is 5.49. The summed E-state index contributed by atoms with van der Waals surface area (Å²) >= 11 is 0. The number of carbonyl (C=O) groups excluding carboxylic acids is 1. The highest BCUT2D eigenvalue weighted by Gasteiger charge is 2.15. The monoisotopic (exact) mass is 273 g/mol. The van der Waals surface area contributed by atoms with Gasteiger partial charge in [0.1, 0.15) is 12.4 Å². The Bertz CT molecular complexity index is 388. The van der Waals surface area contributed by atoms with Crippen LogP contribution in [0.3, 0.4) is 0 Å². The Morgan fingerprint density at radius 2 is 1.89 bits per heavy atom. The molecule has 0 aliphatic carbocycles. The van der Waals surface area contributed by atoms with E-state index in [0.717, 1.165) is 11.3 Å². The zero-order valence-corrected chi connectivity index (χ0v) is 12.0. The summed E-state index contributed by atoms with van der Waals surface area (Å²) < 4.78 is 10.3. The highest BCUT2D eigenvalue weighted by atomic mass is 35.5. The number of hydrogen-bond donors (Lipinski definition) is 1. The minimum absolute atomic E-state index is 0. The maximum absolute atomic E-state index is 11.5. The van der Waals surface area contributed by atoms with Crippen molar-refractivity contribution < 1.29 is 14.3 Å². The molecule has 0 saturated heterocycles. The largest absolute Gasteiger partial charge is 0.496 e. The van der Waals surface area contributed by atoms with Gasteiger partial charge in [-0.25, -0.2) is 4.79 Å². The van der Waals surface area contributed by atoms with Crippen LogP contribution in [0.5, 0.6) is 5.75 Å². The number of alkyl carbamates (subject to hydrolysis) is 1. The van der Waals surface area contributed by atoms with E-state index in [1.807, 2.05) is 45.0 Å². The van der Waals surface area contributed by atoms with Gasteiger partial charge in [0.25, 0.3) is 0 Å². The van der Waals surface area contributed by atoms with E-state index in [1.165, 1.54) is 0 Å². The lowest BCUT2D eigenvalue weighted by Crippen LogP contribution is -2.40. The Balaban J connectivity index is 0.00000289. The van der Waals surface area contributed by atoms with Crippen LogP contribution >= 0.6 is 12.4 Å². The Hall–Kier alpha value is -1.42. The lowest BCUT2D eigenvalue weighted by atomic mass is 10.1. The third-order valence-electron chi connectivity index (χ3n) is 2.03. The molecule has 0 spiro atoms. The SMILES string of the molecule is COc1ccccc1COC(=O)NC(C)(C)C.Cl. The number of halogens is 1. The second-order valence-corrected chi connectivity index (χ2v) is 4.76. The number of benzene rings is 1. The van der Waals surface area contributed by atoms with Crippen molar-refractivity contribution in [1.29, 1.82) is 0 Å². The molecule has 0 fully saturated rings. The summed E-state index contributed by atoms with van der Waals surface area (Å²) in [4.78, 5) is 11.5. The number of hydrogen-bond acceptors (Lipinski definition) is 3. The van der Waals surface area contributed by atoms with Crippen LogP contribution in [0.15, 0.2) is 24.3 Å². The average molecular weight is 274 g/mol. The lowest BCUT2D eigenvalue weighted by Gasteiger charge is -2.20. The molecule has 1 N–H and O–H groups in total.